The van der Waals surface area contributed by atoms with Crippen LogP contribution in [-0.2, 0) is 6.18 Å². The lowest BCUT2D eigenvalue weighted by Gasteiger charge is -2.45. The molecule has 3 saturated heterocycles. The largest absolute Gasteiger partial charge is 0.416 e. The topological polar surface area (TPSA) is 15.3 Å². The Morgan fingerprint density at radius 2 is 1.90 bits per heavy atom. The number of rotatable bonds is 2. The van der Waals surface area contributed by atoms with E-state index >= 15 is 0 Å². The number of nitrogens with one attached hydrogen (secondary N) is 1. The molecule has 0 saturated carbocycles. The van der Waals surface area contributed by atoms with E-state index < -0.39 is 11.7 Å². The van der Waals surface area contributed by atoms with Gasteiger partial charge >= 0.3 is 6.18 Å². The molecule has 1 aromatic rings. The zero-order valence-electron chi connectivity index (χ0n) is 10.9. The molecule has 3 fully saturated rings. The molecule has 3 aliphatic rings. The average molecular weight is 305 g/mol. The highest BCUT2D eigenvalue weighted by Gasteiger charge is 2.35. The molecule has 1 atom stereocenters. The van der Waals surface area contributed by atoms with Crippen molar-refractivity contribution in [3.05, 3.63) is 28.8 Å². The molecule has 110 valence electrons. The number of alkyl halides is 3. The summed E-state index contributed by atoms with van der Waals surface area (Å²) in [4.78, 5) is 2.38. The van der Waals surface area contributed by atoms with Gasteiger partial charge in [-0.1, -0.05) is 11.6 Å². The number of piperidine rings is 3. The van der Waals surface area contributed by atoms with Gasteiger partial charge < -0.3 is 10.2 Å². The maximum Gasteiger partial charge on any atom is 0.416 e. The smallest absolute Gasteiger partial charge is 0.380 e. The lowest BCUT2D eigenvalue weighted by molar-refractivity contribution is -0.137. The first kappa shape index (κ1) is 14.0. The van der Waals surface area contributed by atoms with Gasteiger partial charge in [0.2, 0.25) is 0 Å². The van der Waals surface area contributed by atoms with E-state index in [9.17, 15) is 13.2 Å². The SMILES string of the molecule is FC(F)(F)c1ccc(NC2CN3CCC2CC3)c(Cl)c1. The summed E-state index contributed by atoms with van der Waals surface area (Å²) in [5.74, 6) is 0.596. The summed E-state index contributed by atoms with van der Waals surface area (Å²) in [6, 6.07) is 3.79. The fourth-order valence-electron chi connectivity index (χ4n) is 3.14. The van der Waals surface area contributed by atoms with Crippen LogP contribution < -0.4 is 5.32 Å². The van der Waals surface area contributed by atoms with Crippen LogP contribution in [0.15, 0.2) is 18.2 Å². The predicted molar refractivity (Wildman–Crippen MR) is 73.0 cm³/mol. The minimum Gasteiger partial charge on any atom is -0.380 e. The monoisotopic (exact) mass is 304 g/mol. The van der Waals surface area contributed by atoms with Crippen LogP contribution in [-0.4, -0.2) is 30.6 Å². The number of hydrogen-bond acceptors (Lipinski definition) is 2. The standard InChI is InChI=1S/C14H16ClF3N2/c15-11-7-10(14(16,17)18)1-2-12(11)19-13-8-20-5-3-9(13)4-6-20/h1-2,7,9,13,19H,3-6,8H2. The van der Waals surface area contributed by atoms with Crippen molar-refractivity contribution in [2.24, 2.45) is 5.92 Å². The van der Waals surface area contributed by atoms with Crippen LogP contribution in [0, 0.1) is 5.92 Å². The van der Waals surface area contributed by atoms with Gasteiger partial charge in [0.05, 0.1) is 16.3 Å². The van der Waals surface area contributed by atoms with E-state index in [1.807, 2.05) is 0 Å². The molecule has 0 aliphatic carbocycles. The summed E-state index contributed by atoms with van der Waals surface area (Å²) in [7, 11) is 0. The van der Waals surface area contributed by atoms with Gasteiger partial charge in [-0.2, -0.15) is 13.2 Å². The summed E-state index contributed by atoms with van der Waals surface area (Å²) in [6.07, 6.45) is -2.05. The molecular weight excluding hydrogens is 289 g/mol. The van der Waals surface area contributed by atoms with Crippen LogP contribution in [0.4, 0.5) is 18.9 Å². The Labute approximate surface area is 120 Å². The van der Waals surface area contributed by atoms with Crippen molar-refractivity contribution < 1.29 is 13.2 Å². The van der Waals surface area contributed by atoms with Gasteiger partial charge in [-0.15, -0.1) is 0 Å². The Hall–Kier alpha value is -0.940. The third-order valence-electron chi connectivity index (χ3n) is 4.29. The maximum absolute atomic E-state index is 12.6. The number of benzene rings is 1. The maximum atomic E-state index is 12.6. The Morgan fingerprint density at radius 1 is 1.20 bits per heavy atom. The van der Waals surface area contributed by atoms with E-state index in [4.69, 9.17) is 11.6 Å². The molecule has 20 heavy (non-hydrogen) atoms. The van der Waals surface area contributed by atoms with E-state index in [0.29, 0.717) is 11.6 Å². The highest BCUT2D eigenvalue weighted by atomic mass is 35.5. The van der Waals surface area contributed by atoms with Gasteiger partial charge in [0, 0.05) is 12.6 Å². The second kappa shape index (κ2) is 5.11. The number of hydrogen-bond donors (Lipinski definition) is 1. The second-order valence-corrected chi connectivity index (χ2v) is 5.99. The molecule has 3 heterocycles. The van der Waals surface area contributed by atoms with E-state index in [-0.39, 0.29) is 11.1 Å². The number of anilines is 1. The van der Waals surface area contributed by atoms with Crippen molar-refractivity contribution in [1.82, 2.24) is 4.90 Å². The molecule has 6 heteroatoms. The highest BCUT2D eigenvalue weighted by molar-refractivity contribution is 6.33. The third kappa shape index (κ3) is 2.74. The van der Waals surface area contributed by atoms with Crippen molar-refractivity contribution in [2.75, 3.05) is 25.0 Å². The molecule has 0 radical (unpaired) electrons. The minimum absolute atomic E-state index is 0.135. The molecule has 1 N–H and O–H groups in total. The van der Waals surface area contributed by atoms with Crippen molar-refractivity contribution >= 4 is 17.3 Å². The van der Waals surface area contributed by atoms with Crippen molar-refractivity contribution in [1.29, 1.82) is 0 Å². The number of halogens is 4. The molecule has 4 rings (SSSR count). The second-order valence-electron chi connectivity index (χ2n) is 5.58. The first-order chi connectivity index (χ1) is 9.43. The fraction of sp³-hybridized carbons (Fsp3) is 0.571. The Kier molecular flexibility index (Phi) is 3.58. The Balaban J connectivity index is 1.75. The Bertz CT molecular complexity index is 496. The highest BCUT2D eigenvalue weighted by Crippen LogP contribution is 2.35. The molecule has 2 bridgehead atoms. The van der Waals surface area contributed by atoms with E-state index in [0.717, 1.165) is 44.6 Å². The van der Waals surface area contributed by atoms with Crippen molar-refractivity contribution in [3.8, 4) is 0 Å². The first-order valence-electron chi connectivity index (χ1n) is 6.79. The van der Waals surface area contributed by atoms with Crippen LogP contribution >= 0.6 is 11.6 Å². The van der Waals surface area contributed by atoms with E-state index in [1.165, 1.54) is 6.07 Å². The summed E-state index contributed by atoms with van der Waals surface area (Å²) in [5, 5.41) is 3.45. The molecule has 1 unspecified atom stereocenters. The molecule has 1 aromatic carbocycles. The fourth-order valence-corrected chi connectivity index (χ4v) is 3.37. The van der Waals surface area contributed by atoms with E-state index in [1.54, 1.807) is 0 Å². The molecular formula is C14H16ClF3N2. The van der Waals surface area contributed by atoms with Crippen LogP contribution in [0.5, 0.6) is 0 Å². The van der Waals surface area contributed by atoms with Crippen LogP contribution in [0.1, 0.15) is 18.4 Å². The minimum atomic E-state index is -4.35. The molecule has 3 aliphatic heterocycles. The quantitative estimate of drug-likeness (QED) is 0.892. The zero-order chi connectivity index (χ0) is 14.3. The van der Waals surface area contributed by atoms with Gasteiger partial charge in [-0.3, -0.25) is 0 Å². The van der Waals surface area contributed by atoms with Gasteiger partial charge in [0.25, 0.3) is 0 Å². The lowest BCUT2D eigenvalue weighted by Crippen LogP contribution is -2.53. The van der Waals surface area contributed by atoms with Crippen molar-refractivity contribution in [3.63, 3.8) is 0 Å². The summed E-state index contributed by atoms with van der Waals surface area (Å²) in [6.45, 7) is 3.20. The Morgan fingerprint density at radius 3 is 2.40 bits per heavy atom. The van der Waals surface area contributed by atoms with Crippen LogP contribution in [0.2, 0.25) is 5.02 Å². The molecule has 2 nitrogen and oxygen atoms in total. The van der Waals surface area contributed by atoms with Gasteiger partial charge in [0.1, 0.15) is 0 Å². The normalized spacial score (nSPS) is 29.5. The summed E-state index contributed by atoms with van der Waals surface area (Å²) in [5.41, 5.74) is -0.111. The zero-order valence-corrected chi connectivity index (χ0v) is 11.6. The van der Waals surface area contributed by atoms with E-state index in [2.05, 4.69) is 10.2 Å². The molecule has 0 amide bonds. The van der Waals surface area contributed by atoms with Crippen LogP contribution in [0.3, 0.4) is 0 Å². The number of fused-ring (bicyclic) bond motifs is 3. The summed E-state index contributed by atoms with van der Waals surface area (Å²) < 4.78 is 37.8. The first-order valence-corrected chi connectivity index (χ1v) is 7.17. The predicted octanol–water partition coefficient (Wildman–Crippen LogP) is 3.86. The molecule has 0 spiro atoms. The van der Waals surface area contributed by atoms with Crippen molar-refractivity contribution in [2.45, 2.75) is 25.1 Å². The third-order valence-corrected chi connectivity index (χ3v) is 4.61. The van der Waals surface area contributed by atoms with Gasteiger partial charge in [-0.05, 0) is 50.0 Å². The van der Waals surface area contributed by atoms with Gasteiger partial charge in [-0.25, -0.2) is 0 Å². The number of nitrogens with zero attached hydrogens (tertiary/aromatic N) is 1. The van der Waals surface area contributed by atoms with Crippen LogP contribution in [0.25, 0.3) is 0 Å². The summed E-state index contributed by atoms with van der Waals surface area (Å²) >= 11 is 5.98. The van der Waals surface area contributed by atoms with Gasteiger partial charge in [0.15, 0.2) is 0 Å². The lowest BCUT2D eigenvalue weighted by atomic mass is 9.84. The average Bonchev–Trinajstić information content (AvgIpc) is 2.41. The molecule has 0 aromatic heterocycles.